The zero-order valence-electron chi connectivity index (χ0n) is 14.4. The van der Waals surface area contributed by atoms with Crippen molar-refractivity contribution in [2.75, 3.05) is 13.1 Å². The number of hydrogen-bond acceptors (Lipinski definition) is 2. The fraction of sp³-hybridized carbons (Fsp3) is 0.684. The van der Waals surface area contributed by atoms with E-state index in [1.54, 1.807) is 0 Å². The van der Waals surface area contributed by atoms with Gasteiger partial charge in [-0.3, -0.25) is 4.90 Å². The highest BCUT2D eigenvalue weighted by atomic mass is 15.3. The number of nitrogens with zero attached hydrogens (tertiary/aromatic N) is 1. The number of nitrogens with one attached hydrogen (secondary N) is 1. The van der Waals surface area contributed by atoms with Crippen LogP contribution in [0, 0.1) is 5.41 Å². The predicted octanol–water partition coefficient (Wildman–Crippen LogP) is 3.72. The van der Waals surface area contributed by atoms with Gasteiger partial charge in [0.1, 0.15) is 0 Å². The van der Waals surface area contributed by atoms with E-state index >= 15 is 0 Å². The van der Waals surface area contributed by atoms with Crippen molar-refractivity contribution in [3.8, 4) is 0 Å². The molecule has 0 saturated carbocycles. The van der Waals surface area contributed by atoms with Gasteiger partial charge in [-0.2, -0.15) is 0 Å². The maximum atomic E-state index is 3.77. The summed E-state index contributed by atoms with van der Waals surface area (Å²) in [5, 5.41) is 3.77. The van der Waals surface area contributed by atoms with E-state index < -0.39 is 0 Å². The summed E-state index contributed by atoms with van der Waals surface area (Å²) in [6.45, 7) is 14.0. The average Bonchev–Trinajstić information content (AvgIpc) is 2.46. The molecule has 2 heteroatoms. The first-order valence-corrected chi connectivity index (χ1v) is 8.45. The lowest BCUT2D eigenvalue weighted by atomic mass is 9.84. The Morgan fingerprint density at radius 3 is 2.48 bits per heavy atom. The fourth-order valence-corrected chi connectivity index (χ4v) is 3.39. The Balaban J connectivity index is 2.06. The van der Waals surface area contributed by atoms with Gasteiger partial charge in [0.25, 0.3) is 0 Å². The molecule has 2 rings (SSSR count). The van der Waals surface area contributed by atoms with Crippen molar-refractivity contribution < 1.29 is 0 Å². The van der Waals surface area contributed by atoms with E-state index in [-0.39, 0.29) is 0 Å². The first kappa shape index (κ1) is 16.5. The molecule has 1 aliphatic rings. The summed E-state index contributed by atoms with van der Waals surface area (Å²) in [5.74, 6) is 0. The first-order valence-electron chi connectivity index (χ1n) is 8.45. The van der Waals surface area contributed by atoms with E-state index in [0.29, 0.717) is 23.5 Å². The summed E-state index contributed by atoms with van der Waals surface area (Å²) < 4.78 is 0. The lowest BCUT2D eigenvalue weighted by Crippen LogP contribution is -2.62. The molecule has 0 bridgehead atoms. The Morgan fingerprint density at radius 2 is 1.90 bits per heavy atom. The van der Waals surface area contributed by atoms with Crippen molar-refractivity contribution >= 4 is 0 Å². The molecule has 1 aromatic rings. The highest BCUT2D eigenvalue weighted by molar-refractivity contribution is 5.16. The topological polar surface area (TPSA) is 15.3 Å². The quantitative estimate of drug-likeness (QED) is 0.908. The van der Waals surface area contributed by atoms with Crippen LogP contribution in [0.5, 0.6) is 0 Å². The number of hydrogen-bond donors (Lipinski definition) is 1. The number of rotatable bonds is 4. The van der Waals surface area contributed by atoms with Gasteiger partial charge in [0.2, 0.25) is 0 Å². The molecular weight excluding hydrogens is 256 g/mol. The van der Waals surface area contributed by atoms with Gasteiger partial charge in [0.15, 0.2) is 0 Å². The van der Waals surface area contributed by atoms with Crippen molar-refractivity contribution in [2.45, 2.75) is 65.6 Å². The van der Waals surface area contributed by atoms with Gasteiger partial charge in [-0.05, 0) is 30.7 Å². The minimum Gasteiger partial charge on any atom is -0.311 e. The van der Waals surface area contributed by atoms with E-state index in [1.807, 2.05) is 0 Å². The summed E-state index contributed by atoms with van der Waals surface area (Å²) in [6.07, 6.45) is 2.37. The third-order valence-corrected chi connectivity index (χ3v) is 4.92. The van der Waals surface area contributed by atoms with Gasteiger partial charge in [0.05, 0.1) is 0 Å². The van der Waals surface area contributed by atoms with Gasteiger partial charge in [-0.15, -0.1) is 0 Å². The molecule has 1 aromatic carbocycles. The lowest BCUT2D eigenvalue weighted by Gasteiger charge is -2.47. The van der Waals surface area contributed by atoms with Gasteiger partial charge < -0.3 is 5.32 Å². The maximum absolute atomic E-state index is 3.77. The second-order valence-corrected chi connectivity index (χ2v) is 7.62. The molecule has 1 heterocycles. The summed E-state index contributed by atoms with van der Waals surface area (Å²) in [7, 11) is 0. The van der Waals surface area contributed by atoms with Crippen LogP contribution < -0.4 is 5.32 Å². The molecule has 118 valence electrons. The largest absolute Gasteiger partial charge is 0.311 e. The molecule has 0 aromatic heterocycles. The van der Waals surface area contributed by atoms with Crippen LogP contribution in [-0.4, -0.2) is 36.1 Å². The molecule has 21 heavy (non-hydrogen) atoms. The van der Waals surface area contributed by atoms with Crippen LogP contribution in [0.4, 0.5) is 0 Å². The molecule has 0 spiro atoms. The molecule has 0 amide bonds. The van der Waals surface area contributed by atoms with Crippen LogP contribution in [0.3, 0.4) is 0 Å². The SMILES string of the molecule is CCC1CNC(C(C)(C)C)CN1C(C)Cc1ccccc1. The Kier molecular flexibility index (Phi) is 5.45. The minimum atomic E-state index is 0.323. The second kappa shape index (κ2) is 6.93. The number of piperazine rings is 1. The summed E-state index contributed by atoms with van der Waals surface area (Å²) >= 11 is 0. The average molecular weight is 288 g/mol. The predicted molar refractivity (Wildman–Crippen MR) is 91.6 cm³/mol. The van der Waals surface area contributed by atoms with E-state index in [9.17, 15) is 0 Å². The van der Waals surface area contributed by atoms with Crippen LogP contribution >= 0.6 is 0 Å². The van der Waals surface area contributed by atoms with Crippen molar-refractivity contribution in [3.63, 3.8) is 0 Å². The van der Waals surface area contributed by atoms with E-state index in [4.69, 9.17) is 0 Å². The smallest absolute Gasteiger partial charge is 0.0244 e. The molecule has 1 aliphatic heterocycles. The highest BCUT2D eigenvalue weighted by Crippen LogP contribution is 2.26. The van der Waals surface area contributed by atoms with E-state index in [0.717, 1.165) is 19.5 Å². The van der Waals surface area contributed by atoms with Crippen LogP contribution in [0.2, 0.25) is 0 Å². The Morgan fingerprint density at radius 1 is 1.24 bits per heavy atom. The number of benzene rings is 1. The highest BCUT2D eigenvalue weighted by Gasteiger charge is 2.35. The standard InChI is InChI=1S/C19H32N2/c1-6-17-13-20-18(19(3,4)5)14-21(17)15(2)12-16-10-8-7-9-11-16/h7-11,15,17-18,20H,6,12-14H2,1-5H3. The lowest BCUT2D eigenvalue weighted by molar-refractivity contribution is 0.0535. The van der Waals surface area contributed by atoms with Crippen LogP contribution in [0.25, 0.3) is 0 Å². The van der Waals surface area contributed by atoms with Crippen LogP contribution in [-0.2, 0) is 6.42 Å². The first-order chi connectivity index (χ1) is 9.91. The van der Waals surface area contributed by atoms with E-state index in [2.05, 4.69) is 75.2 Å². The van der Waals surface area contributed by atoms with Crippen molar-refractivity contribution in [2.24, 2.45) is 5.41 Å². The minimum absolute atomic E-state index is 0.323. The summed E-state index contributed by atoms with van der Waals surface area (Å²) in [6, 6.07) is 12.8. The third-order valence-electron chi connectivity index (χ3n) is 4.92. The van der Waals surface area contributed by atoms with Gasteiger partial charge in [0, 0.05) is 31.2 Å². The van der Waals surface area contributed by atoms with Crippen LogP contribution in [0.1, 0.15) is 46.6 Å². The molecule has 0 aliphatic carbocycles. The zero-order valence-corrected chi connectivity index (χ0v) is 14.4. The van der Waals surface area contributed by atoms with Crippen LogP contribution in [0.15, 0.2) is 30.3 Å². The fourth-order valence-electron chi connectivity index (χ4n) is 3.39. The molecule has 1 fully saturated rings. The Labute approximate surface area is 130 Å². The second-order valence-electron chi connectivity index (χ2n) is 7.62. The molecule has 2 nitrogen and oxygen atoms in total. The normalized spacial score (nSPS) is 25.8. The Bertz CT molecular complexity index is 421. The monoisotopic (exact) mass is 288 g/mol. The zero-order chi connectivity index (χ0) is 15.5. The van der Waals surface area contributed by atoms with E-state index in [1.165, 1.54) is 12.0 Å². The van der Waals surface area contributed by atoms with Gasteiger partial charge in [-0.25, -0.2) is 0 Å². The molecule has 3 atom stereocenters. The van der Waals surface area contributed by atoms with Crippen molar-refractivity contribution in [1.29, 1.82) is 0 Å². The van der Waals surface area contributed by atoms with Gasteiger partial charge in [-0.1, -0.05) is 58.0 Å². The molecular formula is C19H32N2. The summed E-state index contributed by atoms with van der Waals surface area (Å²) in [5.41, 5.74) is 1.77. The Hall–Kier alpha value is -0.860. The maximum Gasteiger partial charge on any atom is 0.0244 e. The third kappa shape index (κ3) is 4.31. The molecule has 3 unspecified atom stereocenters. The molecule has 1 saturated heterocycles. The summed E-state index contributed by atoms with van der Waals surface area (Å²) in [4.78, 5) is 2.74. The molecule has 0 radical (unpaired) electrons. The van der Waals surface area contributed by atoms with Crippen molar-refractivity contribution in [3.05, 3.63) is 35.9 Å². The van der Waals surface area contributed by atoms with Crippen molar-refractivity contribution in [1.82, 2.24) is 10.2 Å². The molecule has 1 N–H and O–H groups in total. The van der Waals surface area contributed by atoms with Gasteiger partial charge >= 0.3 is 0 Å².